The summed E-state index contributed by atoms with van der Waals surface area (Å²) in [6.45, 7) is 11.2. The van der Waals surface area contributed by atoms with E-state index in [0.717, 1.165) is 12.2 Å². The number of rotatable bonds is 5. The Kier molecular flexibility index (Phi) is 4.83. The smallest absolute Gasteiger partial charge is 0.0815 e. The normalized spacial score (nSPS) is 20.1. The van der Waals surface area contributed by atoms with Gasteiger partial charge in [-0.25, -0.2) is 0 Å². The van der Waals surface area contributed by atoms with Crippen LogP contribution in [-0.4, -0.2) is 40.2 Å². The molecule has 2 heterocycles. The highest BCUT2D eigenvalue weighted by atomic mass is 16.5. The first-order valence-electron chi connectivity index (χ1n) is 7.54. The molecule has 0 radical (unpaired) electrons. The Balaban J connectivity index is 2.01. The molecular formula is C15H27N3O2. The Morgan fingerprint density at radius 3 is 2.60 bits per heavy atom. The maximum absolute atomic E-state index is 10.5. The van der Waals surface area contributed by atoms with Crippen molar-refractivity contribution in [3.05, 3.63) is 17.0 Å². The number of ether oxygens (including phenoxy) is 1. The van der Waals surface area contributed by atoms with E-state index in [0.29, 0.717) is 32.6 Å². The van der Waals surface area contributed by atoms with Crippen molar-refractivity contribution in [3.63, 3.8) is 0 Å². The average molecular weight is 281 g/mol. The van der Waals surface area contributed by atoms with Gasteiger partial charge in [-0.05, 0) is 27.7 Å². The molecule has 0 aromatic carbocycles. The summed E-state index contributed by atoms with van der Waals surface area (Å²) in [7, 11) is 0. The Bertz CT molecular complexity index is 450. The molecule has 1 aliphatic heterocycles. The third kappa shape index (κ3) is 3.22. The first-order valence-corrected chi connectivity index (χ1v) is 7.54. The highest BCUT2D eigenvalue weighted by Crippen LogP contribution is 2.24. The molecule has 5 heteroatoms. The highest BCUT2D eigenvalue weighted by Gasteiger charge is 2.30. The third-order valence-electron chi connectivity index (χ3n) is 4.33. The number of hydrogen-bond acceptors (Lipinski definition) is 4. The van der Waals surface area contributed by atoms with E-state index >= 15 is 0 Å². The van der Waals surface area contributed by atoms with E-state index in [1.165, 1.54) is 11.3 Å². The van der Waals surface area contributed by atoms with Gasteiger partial charge in [-0.1, -0.05) is 0 Å². The summed E-state index contributed by atoms with van der Waals surface area (Å²) >= 11 is 0. The van der Waals surface area contributed by atoms with Crippen LogP contribution in [0.3, 0.4) is 0 Å². The lowest BCUT2D eigenvalue weighted by atomic mass is 9.93. The molecule has 1 aromatic rings. The number of nitrogens with one attached hydrogen (secondary N) is 1. The number of hydrogen-bond donors (Lipinski definition) is 2. The molecule has 1 aromatic heterocycles. The van der Waals surface area contributed by atoms with Crippen LogP contribution in [0.1, 0.15) is 49.7 Å². The Hall–Kier alpha value is -0.910. The number of aryl methyl sites for hydroxylation is 2. The molecule has 0 saturated carbocycles. The van der Waals surface area contributed by atoms with E-state index in [2.05, 4.69) is 38.1 Å². The standard InChI is InChI=1S/C15H27N3O2/c1-5-18-13(4)14(12(3)17-18)11(2)16-10-15(19)6-8-20-9-7-15/h11,16,19H,5-10H2,1-4H3. The van der Waals surface area contributed by atoms with E-state index in [1.54, 1.807) is 0 Å². The molecule has 5 nitrogen and oxygen atoms in total. The molecule has 1 fully saturated rings. The first-order chi connectivity index (χ1) is 9.47. The van der Waals surface area contributed by atoms with Crippen molar-refractivity contribution < 1.29 is 9.84 Å². The monoisotopic (exact) mass is 281 g/mol. The number of aliphatic hydroxyl groups is 1. The van der Waals surface area contributed by atoms with Crippen molar-refractivity contribution in [1.29, 1.82) is 0 Å². The lowest BCUT2D eigenvalue weighted by Gasteiger charge is -2.33. The van der Waals surface area contributed by atoms with Gasteiger partial charge >= 0.3 is 0 Å². The molecule has 2 rings (SSSR count). The van der Waals surface area contributed by atoms with Gasteiger partial charge in [0.15, 0.2) is 0 Å². The summed E-state index contributed by atoms with van der Waals surface area (Å²) in [6, 6.07) is 0.196. The van der Waals surface area contributed by atoms with Crippen molar-refractivity contribution in [2.75, 3.05) is 19.8 Å². The molecule has 1 atom stereocenters. The van der Waals surface area contributed by atoms with Crippen LogP contribution in [-0.2, 0) is 11.3 Å². The lowest BCUT2D eigenvalue weighted by Crippen LogP contribution is -2.45. The maximum Gasteiger partial charge on any atom is 0.0815 e. The van der Waals surface area contributed by atoms with Crippen molar-refractivity contribution in [3.8, 4) is 0 Å². The molecule has 2 N–H and O–H groups in total. The number of nitrogens with zero attached hydrogens (tertiary/aromatic N) is 2. The fourth-order valence-corrected chi connectivity index (χ4v) is 3.02. The SMILES string of the molecule is CCn1nc(C)c(C(C)NCC2(O)CCOCC2)c1C. The fourth-order valence-electron chi connectivity index (χ4n) is 3.02. The van der Waals surface area contributed by atoms with E-state index in [-0.39, 0.29) is 6.04 Å². The molecule has 0 aliphatic carbocycles. The summed E-state index contributed by atoms with van der Waals surface area (Å²) in [5, 5.41) is 18.5. The lowest BCUT2D eigenvalue weighted by molar-refractivity contribution is -0.0626. The molecule has 0 amide bonds. The van der Waals surface area contributed by atoms with Crippen LogP contribution < -0.4 is 5.32 Å². The molecule has 0 spiro atoms. The molecule has 114 valence electrons. The van der Waals surface area contributed by atoms with Crippen LogP contribution in [0.4, 0.5) is 0 Å². The molecule has 1 aliphatic rings. The number of aromatic nitrogens is 2. The maximum atomic E-state index is 10.5. The summed E-state index contributed by atoms with van der Waals surface area (Å²) in [6.07, 6.45) is 1.41. The van der Waals surface area contributed by atoms with E-state index in [9.17, 15) is 5.11 Å². The van der Waals surface area contributed by atoms with Gasteiger partial charge in [0.05, 0.1) is 11.3 Å². The second-order valence-electron chi connectivity index (χ2n) is 5.84. The van der Waals surface area contributed by atoms with E-state index in [1.807, 2.05) is 4.68 Å². The largest absolute Gasteiger partial charge is 0.388 e. The average Bonchev–Trinajstić information content (AvgIpc) is 2.72. The first kappa shape index (κ1) is 15.5. The zero-order valence-electron chi connectivity index (χ0n) is 13.1. The van der Waals surface area contributed by atoms with Gasteiger partial charge in [0.1, 0.15) is 0 Å². The summed E-state index contributed by atoms with van der Waals surface area (Å²) in [4.78, 5) is 0. The van der Waals surface area contributed by atoms with Crippen LogP contribution in [0.5, 0.6) is 0 Å². The molecular weight excluding hydrogens is 254 g/mol. The van der Waals surface area contributed by atoms with Gasteiger partial charge in [-0.2, -0.15) is 5.10 Å². The third-order valence-corrected chi connectivity index (χ3v) is 4.33. The van der Waals surface area contributed by atoms with Gasteiger partial charge in [-0.15, -0.1) is 0 Å². The minimum atomic E-state index is -0.630. The summed E-state index contributed by atoms with van der Waals surface area (Å²) in [5.41, 5.74) is 2.91. The predicted octanol–water partition coefficient (Wildman–Crippen LogP) is 1.71. The van der Waals surface area contributed by atoms with Gasteiger partial charge in [0.2, 0.25) is 0 Å². The molecule has 1 saturated heterocycles. The minimum absolute atomic E-state index is 0.196. The van der Waals surface area contributed by atoms with Crippen molar-refractivity contribution in [2.24, 2.45) is 0 Å². The Morgan fingerprint density at radius 2 is 2.05 bits per heavy atom. The van der Waals surface area contributed by atoms with Crippen LogP contribution in [0, 0.1) is 13.8 Å². The van der Waals surface area contributed by atoms with Crippen LogP contribution in [0.2, 0.25) is 0 Å². The predicted molar refractivity (Wildman–Crippen MR) is 78.8 cm³/mol. The molecule has 20 heavy (non-hydrogen) atoms. The van der Waals surface area contributed by atoms with Gasteiger partial charge in [0, 0.05) is 56.4 Å². The quantitative estimate of drug-likeness (QED) is 0.862. The summed E-state index contributed by atoms with van der Waals surface area (Å²) < 4.78 is 7.35. The zero-order chi connectivity index (χ0) is 14.8. The minimum Gasteiger partial charge on any atom is -0.388 e. The topological polar surface area (TPSA) is 59.3 Å². The second kappa shape index (κ2) is 6.24. The highest BCUT2D eigenvalue weighted by molar-refractivity contribution is 5.27. The van der Waals surface area contributed by atoms with E-state index in [4.69, 9.17) is 4.74 Å². The summed E-state index contributed by atoms with van der Waals surface area (Å²) in [5.74, 6) is 0. The Morgan fingerprint density at radius 1 is 1.40 bits per heavy atom. The van der Waals surface area contributed by atoms with Gasteiger partial charge in [0.25, 0.3) is 0 Å². The molecule has 0 bridgehead atoms. The zero-order valence-corrected chi connectivity index (χ0v) is 13.1. The fraction of sp³-hybridized carbons (Fsp3) is 0.800. The van der Waals surface area contributed by atoms with E-state index < -0.39 is 5.60 Å². The second-order valence-corrected chi connectivity index (χ2v) is 5.84. The van der Waals surface area contributed by atoms with Crippen LogP contribution in [0.25, 0.3) is 0 Å². The van der Waals surface area contributed by atoms with Gasteiger partial charge in [-0.3, -0.25) is 4.68 Å². The van der Waals surface area contributed by atoms with Crippen molar-refractivity contribution >= 4 is 0 Å². The molecule has 1 unspecified atom stereocenters. The van der Waals surface area contributed by atoms with Crippen molar-refractivity contribution in [1.82, 2.24) is 15.1 Å². The van der Waals surface area contributed by atoms with Crippen LogP contribution >= 0.6 is 0 Å². The van der Waals surface area contributed by atoms with Crippen LogP contribution in [0.15, 0.2) is 0 Å². The Labute approximate surface area is 121 Å². The van der Waals surface area contributed by atoms with Crippen molar-refractivity contribution in [2.45, 2.75) is 58.7 Å². The van der Waals surface area contributed by atoms with Gasteiger partial charge < -0.3 is 15.2 Å².